The highest BCUT2D eigenvalue weighted by atomic mass is 16.6. The van der Waals surface area contributed by atoms with Gasteiger partial charge in [0.1, 0.15) is 19.0 Å². The maximum atomic E-state index is 5.64. The highest BCUT2D eigenvalue weighted by Crippen LogP contribution is 2.33. The van der Waals surface area contributed by atoms with Crippen LogP contribution in [0.4, 0.5) is 0 Å². The highest BCUT2D eigenvalue weighted by molar-refractivity contribution is 5.47. The van der Waals surface area contributed by atoms with Crippen molar-refractivity contribution in [3.63, 3.8) is 0 Å². The van der Waals surface area contributed by atoms with E-state index in [1.807, 2.05) is 24.3 Å². The van der Waals surface area contributed by atoms with Crippen molar-refractivity contribution in [1.29, 1.82) is 0 Å². The lowest BCUT2D eigenvalue weighted by atomic mass is 10.1. The number of hydrogen-bond donors (Lipinski definition) is 1. The first-order chi connectivity index (χ1) is 8.93. The largest absolute Gasteiger partial charge is 0.486 e. The van der Waals surface area contributed by atoms with E-state index >= 15 is 0 Å². The first-order valence-electron chi connectivity index (χ1n) is 5.91. The van der Waals surface area contributed by atoms with Gasteiger partial charge in [-0.15, -0.1) is 0 Å². The smallest absolute Gasteiger partial charge is 0.165 e. The lowest BCUT2D eigenvalue weighted by molar-refractivity contribution is 0.169. The van der Waals surface area contributed by atoms with Crippen LogP contribution in [0.2, 0.25) is 0 Å². The van der Waals surface area contributed by atoms with Crippen LogP contribution in [0.25, 0.3) is 0 Å². The molecular formula is C13H14N2O3. The normalized spacial score (nSPS) is 13.6. The van der Waals surface area contributed by atoms with E-state index in [1.54, 1.807) is 6.20 Å². The Morgan fingerprint density at radius 3 is 2.94 bits per heavy atom. The van der Waals surface area contributed by atoms with Gasteiger partial charge < -0.3 is 19.3 Å². The number of nitrogens with zero attached hydrogens (tertiary/aromatic N) is 1. The van der Waals surface area contributed by atoms with Crippen molar-refractivity contribution < 1.29 is 14.0 Å². The molecule has 1 aliphatic heterocycles. The number of hydrogen-bond acceptors (Lipinski definition) is 5. The molecule has 0 fully saturated rings. The monoisotopic (exact) mass is 246 g/mol. The van der Waals surface area contributed by atoms with E-state index in [2.05, 4.69) is 10.5 Å². The maximum absolute atomic E-state index is 5.64. The summed E-state index contributed by atoms with van der Waals surface area (Å²) < 4.78 is 16.2. The minimum Gasteiger partial charge on any atom is -0.486 e. The third-order valence-electron chi connectivity index (χ3n) is 2.75. The van der Waals surface area contributed by atoms with Crippen molar-refractivity contribution in [2.45, 2.75) is 13.1 Å². The number of rotatable bonds is 4. The molecule has 2 aromatic rings. The third-order valence-corrected chi connectivity index (χ3v) is 2.75. The number of para-hydroxylation sites is 1. The van der Waals surface area contributed by atoms with E-state index in [-0.39, 0.29) is 0 Å². The number of benzene rings is 1. The zero-order chi connectivity index (χ0) is 12.2. The molecule has 0 saturated carbocycles. The first kappa shape index (κ1) is 11.1. The van der Waals surface area contributed by atoms with Crippen LogP contribution in [0.3, 0.4) is 0 Å². The summed E-state index contributed by atoms with van der Waals surface area (Å²) >= 11 is 0. The summed E-state index contributed by atoms with van der Waals surface area (Å²) in [7, 11) is 0. The van der Waals surface area contributed by atoms with Crippen molar-refractivity contribution >= 4 is 0 Å². The molecule has 0 aliphatic carbocycles. The molecule has 1 N–H and O–H groups in total. The van der Waals surface area contributed by atoms with Gasteiger partial charge in [0.05, 0.1) is 12.7 Å². The quantitative estimate of drug-likeness (QED) is 0.890. The predicted octanol–water partition coefficient (Wildman–Crippen LogP) is 1.74. The fraction of sp³-hybridized carbons (Fsp3) is 0.308. The summed E-state index contributed by atoms with van der Waals surface area (Å²) in [5.74, 6) is 2.48. The van der Waals surface area contributed by atoms with Crippen LogP contribution in [-0.2, 0) is 13.1 Å². The van der Waals surface area contributed by atoms with Crippen LogP contribution >= 0.6 is 0 Å². The van der Waals surface area contributed by atoms with Crippen molar-refractivity contribution in [2.75, 3.05) is 13.2 Å². The molecule has 2 heterocycles. The Hall–Kier alpha value is -2.01. The van der Waals surface area contributed by atoms with Gasteiger partial charge in [-0.05, 0) is 6.07 Å². The number of ether oxygens (including phenoxy) is 2. The van der Waals surface area contributed by atoms with E-state index in [9.17, 15) is 0 Å². The van der Waals surface area contributed by atoms with Crippen LogP contribution in [0.15, 0.2) is 35.0 Å². The van der Waals surface area contributed by atoms with E-state index in [4.69, 9.17) is 14.0 Å². The minimum absolute atomic E-state index is 0.603. The Morgan fingerprint density at radius 1 is 1.11 bits per heavy atom. The van der Waals surface area contributed by atoms with Crippen molar-refractivity contribution in [2.24, 2.45) is 0 Å². The lowest BCUT2D eigenvalue weighted by Crippen LogP contribution is -2.19. The molecule has 0 atom stereocenters. The van der Waals surface area contributed by atoms with Crippen molar-refractivity contribution in [3.05, 3.63) is 41.8 Å². The molecule has 0 unspecified atom stereocenters. The predicted molar refractivity (Wildman–Crippen MR) is 64.5 cm³/mol. The Balaban J connectivity index is 1.65. The third kappa shape index (κ3) is 2.31. The van der Waals surface area contributed by atoms with E-state index in [0.717, 1.165) is 22.8 Å². The summed E-state index contributed by atoms with van der Waals surface area (Å²) in [6, 6.07) is 7.77. The molecule has 3 rings (SSSR count). The van der Waals surface area contributed by atoms with Crippen molar-refractivity contribution in [1.82, 2.24) is 10.5 Å². The fourth-order valence-electron chi connectivity index (χ4n) is 1.93. The van der Waals surface area contributed by atoms with Gasteiger partial charge in [0.2, 0.25) is 0 Å². The Labute approximate surface area is 105 Å². The topological polar surface area (TPSA) is 56.5 Å². The van der Waals surface area contributed by atoms with Gasteiger partial charge >= 0.3 is 0 Å². The second-order valence-electron chi connectivity index (χ2n) is 4.02. The molecule has 1 aliphatic rings. The molecule has 18 heavy (non-hydrogen) atoms. The molecule has 0 radical (unpaired) electrons. The highest BCUT2D eigenvalue weighted by Gasteiger charge is 2.14. The summed E-state index contributed by atoms with van der Waals surface area (Å²) in [6.07, 6.45) is 1.64. The van der Waals surface area contributed by atoms with Gasteiger partial charge in [0.15, 0.2) is 11.5 Å². The average Bonchev–Trinajstić information content (AvgIpc) is 2.92. The second kappa shape index (κ2) is 5.10. The molecule has 0 spiro atoms. The molecule has 0 saturated heterocycles. The van der Waals surface area contributed by atoms with Gasteiger partial charge in [-0.1, -0.05) is 17.3 Å². The SMILES string of the molecule is c1cc(CNCc2ccno2)c2c(c1)OCCO2. The minimum atomic E-state index is 0.603. The van der Waals surface area contributed by atoms with Gasteiger partial charge in [0, 0.05) is 18.2 Å². The number of aromatic nitrogens is 1. The zero-order valence-electron chi connectivity index (χ0n) is 9.89. The first-order valence-corrected chi connectivity index (χ1v) is 5.91. The van der Waals surface area contributed by atoms with Gasteiger partial charge in [-0.2, -0.15) is 0 Å². The number of nitrogens with one attached hydrogen (secondary N) is 1. The van der Waals surface area contributed by atoms with E-state index in [0.29, 0.717) is 26.3 Å². The standard InChI is InChI=1S/C13H14N2O3/c1-2-10(8-14-9-11-4-5-15-18-11)13-12(3-1)16-6-7-17-13/h1-5,14H,6-9H2. The summed E-state index contributed by atoms with van der Waals surface area (Å²) in [5, 5.41) is 6.94. The van der Waals surface area contributed by atoms with Crippen LogP contribution in [0, 0.1) is 0 Å². The van der Waals surface area contributed by atoms with Crippen LogP contribution in [0.5, 0.6) is 11.5 Å². The van der Waals surface area contributed by atoms with Gasteiger partial charge in [-0.25, -0.2) is 0 Å². The Morgan fingerprint density at radius 2 is 2.06 bits per heavy atom. The molecule has 0 bridgehead atoms. The van der Waals surface area contributed by atoms with E-state index < -0.39 is 0 Å². The second-order valence-corrected chi connectivity index (χ2v) is 4.02. The molecular weight excluding hydrogens is 232 g/mol. The van der Waals surface area contributed by atoms with Crippen LogP contribution in [-0.4, -0.2) is 18.4 Å². The maximum Gasteiger partial charge on any atom is 0.165 e. The summed E-state index contributed by atoms with van der Waals surface area (Å²) in [4.78, 5) is 0. The summed E-state index contributed by atoms with van der Waals surface area (Å²) in [5.41, 5.74) is 1.09. The lowest BCUT2D eigenvalue weighted by Gasteiger charge is -2.21. The molecule has 5 nitrogen and oxygen atoms in total. The zero-order valence-corrected chi connectivity index (χ0v) is 9.89. The Kier molecular flexibility index (Phi) is 3.14. The van der Waals surface area contributed by atoms with Crippen LogP contribution < -0.4 is 14.8 Å². The summed E-state index contributed by atoms with van der Waals surface area (Å²) in [6.45, 7) is 2.56. The molecule has 0 amide bonds. The Bertz CT molecular complexity index is 511. The molecule has 5 heteroatoms. The average molecular weight is 246 g/mol. The van der Waals surface area contributed by atoms with Crippen molar-refractivity contribution in [3.8, 4) is 11.5 Å². The van der Waals surface area contributed by atoms with Crippen LogP contribution in [0.1, 0.15) is 11.3 Å². The van der Waals surface area contributed by atoms with E-state index in [1.165, 1.54) is 0 Å². The molecule has 94 valence electrons. The fourth-order valence-corrected chi connectivity index (χ4v) is 1.93. The molecule has 1 aromatic carbocycles. The van der Waals surface area contributed by atoms with Gasteiger partial charge in [-0.3, -0.25) is 0 Å². The van der Waals surface area contributed by atoms with Gasteiger partial charge in [0.25, 0.3) is 0 Å². The molecule has 1 aromatic heterocycles. The number of fused-ring (bicyclic) bond motifs is 1.